The van der Waals surface area contributed by atoms with E-state index in [0.717, 1.165) is 10.0 Å². The Kier molecular flexibility index (Phi) is 4.86. The van der Waals surface area contributed by atoms with E-state index in [0.29, 0.717) is 5.02 Å². The molecule has 3 nitrogen and oxygen atoms in total. The second-order valence-corrected chi connectivity index (χ2v) is 7.42. The molecule has 0 unspecified atom stereocenters. The number of nitrogens with one attached hydrogen (secondary N) is 1. The van der Waals surface area contributed by atoms with Crippen LogP contribution in [0.25, 0.3) is 0 Å². The summed E-state index contributed by atoms with van der Waals surface area (Å²) in [4.78, 5) is 0.223. The molecule has 0 radical (unpaired) electrons. The molecule has 0 spiro atoms. The number of sulfonamides is 1. The van der Waals surface area contributed by atoms with Crippen LogP contribution in [0, 0.1) is 0 Å². The largest absolute Gasteiger partial charge is 0.241 e. The topological polar surface area (TPSA) is 46.2 Å². The van der Waals surface area contributed by atoms with Gasteiger partial charge in [-0.05, 0) is 42.8 Å². The molecular weight excluding hydrogens is 362 g/mol. The number of rotatable bonds is 4. The third-order valence-corrected chi connectivity index (χ3v) is 5.05. The van der Waals surface area contributed by atoms with Crippen LogP contribution in [0.5, 0.6) is 0 Å². The zero-order valence-corrected chi connectivity index (χ0v) is 13.8. The first kappa shape index (κ1) is 15.5. The number of hydrogen-bond acceptors (Lipinski definition) is 2. The summed E-state index contributed by atoms with van der Waals surface area (Å²) in [6.45, 7) is 1.78. The predicted octanol–water partition coefficient (Wildman–Crippen LogP) is 4.14. The molecule has 106 valence electrons. The zero-order chi connectivity index (χ0) is 14.8. The van der Waals surface area contributed by atoms with E-state index in [-0.39, 0.29) is 10.9 Å². The van der Waals surface area contributed by atoms with Crippen LogP contribution in [0.15, 0.2) is 57.9 Å². The Hall–Kier alpha value is -0.880. The minimum absolute atomic E-state index is 0.223. The van der Waals surface area contributed by atoms with Gasteiger partial charge in [0.25, 0.3) is 0 Å². The molecule has 0 aliphatic heterocycles. The summed E-state index contributed by atoms with van der Waals surface area (Å²) in [5.74, 6) is 0. The molecule has 0 fully saturated rings. The first-order valence-corrected chi connectivity index (χ1v) is 8.57. The number of hydrogen-bond donors (Lipinski definition) is 1. The third-order valence-electron chi connectivity index (χ3n) is 2.79. The summed E-state index contributed by atoms with van der Waals surface area (Å²) >= 11 is 9.18. The highest BCUT2D eigenvalue weighted by molar-refractivity contribution is 9.10. The number of benzene rings is 2. The summed E-state index contributed by atoms with van der Waals surface area (Å²) < 4.78 is 27.9. The summed E-state index contributed by atoms with van der Waals surface area (Å²) in [6, 6.07) is 13.3. The van der Waals surface area contributed by atoms with E-state index in [1.807, 2.05) is 6.07 Å². The molecule has 2 aromatic carbocycles. The van der Waals surface area contributed by atoms with Gasteiger partial charge in [-0.15, -0.1) is 0 Å². The van der Waals surface area contributed by atoms with E-state index in [1.165, 1.54) is 0 Å². The lowest BCUT2D eigenvalue weighted by atomic mass is 10.1. The quantitative estimate of drug-likeness (QED) is 0.874. The van der Waals surface area contributed by atoms with Gasteiger partial charge < -0.3 is 0 Å². The smallest absolute Gasteiger partial charge is 0.207 e. The minimum atomic E-state index is -3.57. The van der Waals surface area contributed by atoms with Crippen molar-refractivity contribution in [2.45, 2.75) is 17.9 Å². The Bertz CT molecular complexity index is 719. The summed E-state index contributed by atoms with van der Waals surface area (Å²) in [6.07, 6.45) is 0. The fraction of sp³-hybridized carbons (Fsp3) is 0.143. The fourth-order valence-corrected chi connectivity index (χ4v) is 3.81. The first-order chi connectivity index (χ1) is 9.38. The maximum Gasteiger partial charge on any atom is 0.241 e. The van der Waals surface area contributed by atoms with Gasteiger partial charge in [-0.2, -0.15) is 0 Å². The van der Waals surface area contributed by atoms with Crippen molar-refractivity contribution in [2.75, 3.05) is 0 Å². The molecule has 0 aliphatic rings. The van der Waals surface area contributed by atoms with E-state index < -0.39 is 10.0 Å². The highest BCUT2D eigenvalue weighted by atomic mass is 79.9. The SMILES string of the molecule is C[C@H](NS(=O)(=O)c1cccc(Br)c1)c1cccc(Cl)c1. The summed E-state index contributed by atoms with van der Waals surface area (Å²) in [5, 5.41) is 0.580. The average molecular weight is 375 g/mol. The van der Waals surface area contributed by atoms with E-state index in [1.54, 1.807) is 49.4 Å². The minimum Gasteiger partial charge on any atom is -0.207 e. The van der Waals surface area contributed by atoms with Crippen LogP contribution in [-0.2, 0) is 10.0 Å². The van der Waals surface area contributed by atoms with Crippen molar-refractivity contribution in [1.82, 2.24) is 4.72 Å². The molecular formula is C14H13BrClNO2S. The molecule has 0 amide bonds. The van der Waals surface area contributed by atoms with Gasteiger partial charge in [0, 0.05) is 15.5 Å². The highest BCUT2D eigenvalue weighted by Crippen LogP contribution is 2.21. The molecule has 1 N–H and O–H groups in total. The lowest BCUT2D eigenvalue weighted by molar-refractivity contribution is 0.567. The van der Waals surface area contributed by atoms with Gasteiger partial charge in [0.15, 0.2) is 0 Å². The predicted molar refractivity (Wildman–Crippen MR) is 84.3 cm³/mol. The summed E-state index contributed by atoms with van der Waals surface area (Å²) in [5.41, 5.74) is 0.816. The van der Waals surface area contributed by atoms with E-state index in [2.05, 4.69) is 20.7 Å². The first-order valence-electron chi connectivity index (χ1n) is 5.92. The molecule has 0 bridgehead atoms. The van der Waals surface area contributed by atoms with Crippen LogP contribution in [0.2, 0.25) is 5.02 Å². The molecule has 0 aromatic heterocycles. The molecule has 0 saturated carbocycles. The molecule has 0 aliphatic carbocycles. The van der Waals surface area contributed by atoms with E-state index in [9.17, 15) is 8.42 Å². The lowest BCUT2D eigenvalue weighted by Crippen LogP contribution is -2.26. The Morgan fingerprint density at radius 2 is 1.85 bits per heavy atom. The van der Waals surface area contributed by atoms with Gasteiger partial charge >= 0.3 is 0 Å². The van der Waals surface area contributed by atoms with Crippen molar-refractivity contribution in [3.63, 3.8) is 0 Å². The standard InChI is InChI=1S/C14H13BrClNO2S/c1-10(11-4-2-6-13(16)8-11)17-20(18,19)14-7-3-5-12(15)9-14/h2-10,17H,1H3/t10-/m0/s1. The maximum absolute atomic E-state index is 12.3. The van der Waals surface area contributed by atoms with Crippen LogP contribution >= 0.6 is 27.5 Å². The monoisotopic (exact) mass is 373 g/mol. The molecule has 2 rings (SSSR count). The van der Waals surface area contributed by atoms with Gasteiger partial charge in [0.1, 0.15) is 0 Å². The van der Waals surface area contributed by atoms with Crippen molar-refractivity contribution < 1.29 is 8.42 Å². The second-order valence-electron chi connectivity index (χ2n) is 4.36. The second kappa shape index (κ2) is 6.26. The maximum atomic E-state index is 12.3. The Morgan fingerprint density at radius 3 is 2.50 bits per heavy atom. The summed E-state index contributed by atoms with van der Waals surface area (Å²) in [7, 11) is -3.57. The molecule has 20 heavy (non-hydrogen) atoms. The Labute approximate surface area is 132 Å². The highest BCUT2D eigenvalue weighted by Gasteiger charge is 2.18. The zero-order valence-electron chi connectivity index (χ0n) is 10.7. The van der Waals surface area contributed by atoms with Gasteiger partial charge in [-0.1, -0.05) is 45.7 Å². The molecule has 0 saturated heterocycles. The lowest BCUT2D eigenvalue weighted by Gasteiger charge is -2.15. The van der Waals surface area contributed by atoms with Crippen LogP contribution in [-0.4, -0.2) is 8.42 Å². The van der Waals surface area contributed by atoms with Crippen molar-refractivity contribution in [2.24, 2.45) is 0 Å². The van der Waals surface area contributed by atoms with E-state index >= 15 is 0 Å². The van der Waals surface area contributed by atoms with Crippen molar-refractivity contribution >= 4 is 37.6 Å². The fourth-order valence-electron chi connectivity index (χ4n) is 1.78. The Balaban J connectivity index is 2.24. The van der Waals surface area contributed by atoms with Crippen LogP contribution in [0.4, 0.5) is 0 Å². The van der Waals surface area contributed by atoms with Crippen molar-refractivity contribution in [1.29, 1.82) is 0 Å². The van der Waals surface area contributed by atoms with Gasteiger partial charge in [0.05, 0.1) is 4.90 Å². The van der Waals surface area contributed by atoms with Crippen LogP contribution in [0.3, 0.4) is 0 Å². The van der Waals surface area contributed by atoms with Gasteiger partial charge in [-0.3, -0.25) is 0 Å². The van der Waals surface area contributed by atoms with Crippen LogP contribution < -0.4 is 4.72 Å². The molecule has 0 heterocycles. The van der Waals surface area contributed by atoms with E-state index in [4.69, 9.17) is 11.6 Å². The van der Waals surface area contributed by atoms with Gasteiger partial charge in [-0.25, -0.2) is 13.1 Å². The third kappa shape index (κ3) is 3.82. The Morgan fingerprint density at radius 1 is 1.15 bits per heavy atom. The number of halogens is 2. The molecule has 6 heteroatoms. The average Bonchev–Trinajstić information content (AvgIpc) is 2.38. The molecule has 1 atom stereocenters. The normalized spacial score (nSPS) is 13.2. The van der Waals surface area contributed by atoms with Crippen molar-refractivity contribution in [3.05, 3.63) is 63.6 Å². The molecule has 2 aromatic rings. The van der Waals surface area contributed by atoms with Crippen molar-refractivity contribution in [3.8, 4) is 0 Å². The van der Waals surface area contributed by atoms with Crippen LogP contribution in [0.1, 0.15) is 18.5 Å². The van der Waals surface area contributed by atoms with Gasteiger partial charge in [0.2, 0.25) is 10.0 Å².